The molecule has 0 spiro atoms. The Morgan fingerprint density at radius 1 is 1.04 bits per heavy atom. The van der Waals surface area contributed by atoms with Crippen LogP contribution in [0.5, 0.6) is 0 Å². The maximum absolute atomic E-state index is 12.4. The van der Waals surface area contributed by atoms with Gasteiger partial charge < -0.3 is 5.32 Å². The fourth-order valence-corrected chi connectivity index (χ4v) is 4.81. The van der Waals surface area contributed by atoms with Gasteiger partial charge in [0.15, 0.2) is 0 Å². The lowest BCUT2D eigenvalue weighted by Gasteiger charge is -2.15. The molecular weight excluding hydrogens is 328 g/mol. The molecule has 2 heterocycles. The first-order valence-electron chi connectivity index (χ1n) is 9.10. The van der Waals surface area contributed by atoms with E-state index < -0.39 is 0 Å². The molecule has 2 aliphatic rings. The molecule has 25 heavy (non-hydrogen) atoms. The van der Waals surface area contributed by atoms with E-state index >= 15 is 0 Å². The molecule has 1 fully saturated rings. The second-order valence-electron chi connectivity index (χ2n) is 6.94. The lowest BCUT2D eigenvalue weighted by molar-refractivity contribution is -0.120. The van der Waals surface area contributed by atoms with E-state index in [0.717, 1.165) is 13.0 Å². The molecule has 0 saturated carbocycles. The molecule has 2 aromatic carbocycles. The Labute approximate surface area is 153 Å². The van der Waals surface area contributed by atoms with E-state index in [1.165, 1.54) is 47.5 Å². The third kappa shape index (κ3) is 4.07. The van der Waals surface area contributed by atoms with Gasteiger partial charge in [0.05, 0.1) is 5.25 Å². The average molecular weight is 353 g/mol. The van der Waals surface area contributed by atoms with E-state index in [2.05, 4.69) is 46.6 Å². The van der Waals surface area contributed by atoms with Crippen LogP contribution >= 0.6 is 11.8 Å². The summed E-state index contributed by atoms with van der Waals surface area (Å²) in [5.41, 5.74) is 3.82. The van der Waals surface area contributed by atoms with Crippen molar-refractivity contribution in [2.24, 2.45) is 0 Å². The van der Waals surface area contributed by atoms with Crippen LogP contribution in [0.15, 0.2) is 53.4 Å². The predicted octanol–water partition coefficient (Wildman–Crippen LogP) is 3.62. The van der Waals surface area contributed by atoms with E-state index in [9.17, 15) is 4.79 Å². The zero-order chi connectivity index (χ0) is 17.1. The van der Waals surface area contributed by atoms with Crippen LogP contribution in [0, 0.1) is 0 Å². The van der Waals surface area contributed by atoms with Gasteiger partial charge in [0.2, 0.25) is 5.91 Å². The smallest absolute Gasteiger partial charge is 0.234 e. The lowest BCUT2D eigenvalue weighted by atomic mass is 10.1. The molecule has 1 N–H and O–H groups in total. The molecule has 0 aromatic heterocycles. The molecule has 2 aromatic rings. The topological polar surface area (TPSA) is 32.3 Å². The first-order chi connectivity index (χ1) is 12.3. The maximum Gasteiger partial charge on any atom is 0.234 e. The summed E-state index contributed by atoms with van der Waals surface area (Å²) in [5, 5.41) is 3.10. The third-order valence-corrected chi connectivity index (χ3v) is 6.35. The molecule has 1 amide bonds. The Kier molecular flexibility index (Phi) is 5.09. The fraction of sp³-hybridized carbons (Fsp3) is 0.381. The van der Waals surface area contributed by atoms with Crippen molar-refractivity contribution in [3.05, 3.63) is 65.2 Å². The first-order valence-corrected chi connectivity index (χ1v) is 9.98. The van der Waals surface area contributed by atoms with Gasteiger partial charge in [-0.15, -0.1) is 11.8 Å². The maximum atomic E-state index is 12.4. The Hall–Kier alpha value is -1.78. The molecule has 4 rings (SSSR count). The van der Waals surface area contributed by atoms with Crippen LogP contribution in [0.2, 0.25) is 0 Å². The van der Waals surface area contributed by atoms with Gasteiger partial charge >= 0.3 is 0 Å². The first kappa shape index (κ1) is 16.7. The van der Waals surface area contributed by atoms with Gasteiger partial charge in [0.25, 0.3) is 0 Å². The van der Waals surface area contributed by atoms with E-state index in [1.54, 1.807) is 11.8 Å². The number of rotatable bonds is 5. The number of nitrogens with zero attached hydrogens (tertiary/aromatic N) is 1. The van der Waals surface area contributed by atoms with Crippen LogP contribution in [-0.4, -0.2) is 29.1 Å². The summed E-state index contributed by atoms with van der Waals surface area (Å²) in [5.74, 6) is 0.141. The molecule has 3 nitrogen and oxygen atoms in total. The highest BCUT2D eigenvalue weighted by atomic mass is 32.2. The van der Waals surface area contributed by atoms with Crippen molar-refractivity contribution in [3.63, 3.8) is 0 Å². The highest BCUT2D eigenvalue weighted by Crippen LogP contribution is 2.36. The molecule has 1 unspecified atom stereocenters. The largest absolute Gasteiger partial charge is 0.351 e. The average Bonchev–Trinajstić information content (AvgIpc) is 3.30. The highest BCUT2D eigenvalue weighted by molar-refractivity contribution is 8.01. The number of hydrogen-bond acceptors (Lipinski definition) is 3. The summed E-state index contributed by atoms with van der Waals surface area (Å²) in [6.45, 7) is 4.10. The minimum Gasteiger partial charge on any atom is -0.351 e. The van der Waals surface area contributed by atoms with E-state index in [0.29, 0.717) is 6.54 Å². The van der Waals surface area contributed by atoms with Crippen molar-refractivity contribution in [1.82, 2.24) is 10.2 Å². The lowest BCUT2D eigenvalue weighted by Crippen LogP contribution is -2.32. The quantitative estimate of drug-likeness (QED) is 0.892. The Bertz CT molecular complexity index is 713. The molecular formula is C21H24N2OS. The molecule has 1 atom stereocenters. The monoisotopic (exact) mass is 352 g/mol. The van der Waals surface area contributed by atoms with E-state index in [1.807, 2.05) is 12.1 Å². The number of amides is 1. The number of likely N-dealkylation sites (tertiary alicyclic amines) is 1. The SMILES string of the molecule is O=C(NCc1ccc(CN2CCCC2)cc1)C1Cc2ccccc2S1. The van der Waals surface area contributed by atoms with Crippen LogP contribution in [0.3, 0.4) is 0 Å². The predicted molar refractivity (Wildman–Crippen MR) is 103 cm³/mol. The summed E-state index contributed by atoms with van der Waals surface area (Å²) in [6, 6.07) is 17.0. The van der Waals surface area contributed by atoms with Gasteiger partial charge in [0.1, 0.15) is 0 Å². The number of hydrogen-bond donors (Lipinski definition) is 1. The van der Waals surface area contributed by atoms with Crippen LogP contribution in [0.25, 0.3) is 0 Å². The summed E-state index contributed by atoms with van der Waals surface area (Å²) in [7, 11) is 0. The normalized spacial score (nSPS) is 19.8. The summed E-state index contributed by atoms with van der Waals surface area (Å²) in [6.07, 6.45) is 3.49. The zero-order valence-corrected chi connectivity index (χ0v) is 15.2. The van der Waals surface area contributed by atoms with Crippen molar-refractivity contribution < 1.29 is 4.79 Å². The van der Waals surface area contributed by atoms with Crippen molar-refractivity contribution >= 4 is 17.7 Å². The fourth-order valence-electron chi connectivity index (χ4n) is 3.59. The Balaban J connectivity index is 1.27. The summed E-state index contributed by atoms with van der Waals surface area (Å²) >= 11 is 1.68. The number of carbonyl (C=O) groups excluding carboxylic acids is 1. The van der Waals surface area contributed by atoms with Gasteiger partial charge in [-0.1, -0.05) is 42.5 Å². The molecule has 1 saturated heterocycles. The molecule has 4 heteroatoms. The van der Waals surface area contributed by atoms with Crippen LogP contribution in [0.1, 0.15) is 29.5 Å². The summed E-state index contributed by atoms with van der Waals surface area (Å²) in [4.78, 5) is 16.2. The number of fused-ring (bicyclic) bond motifs is 1. The van der Waals surface area contributed by atoms with Gasteiger partial charge in [-0.25, -0.2) is 0 Å². The van der Waals surface area contributed by atoms with Gasteiger partial charge in [-0.2, -0.15) is 0 Å². The van der Waals surface area contributed by atoms with Crippen molar-refractivity contribution in [2.75, 3.05) is 13.1 Å². The third-order valence-electron chi connectivity index (χ3n) is 5.03. The van der Waals surface area contributed by atoms with E-state index in [4.69, 9.17) is 0 Å². The van der Waals surface area contributed by atoms with Crippen molar-refractivity contribution in [2.45, 2.75) is 42.5 Å². The van der Waals surface area contributed by atoms with Gasteiger partial charge in [-0.05, 0) is 55.1 Å². The summed E-state index contributed by atoms with van der Waals surface area (Å²) < 4.78 is 0. The standard InChI is InChI=1S/C21H24N2OS/c24-21(20-13-18-5-1-2-6-19(18)25-20)22-14-16-7-9-17(10-8-16)15-23-11-3-4-12-23/h1-2,5-10,20H,3-4,11-15H2,(H,22,24). The Morgan fingerprint density at radius 3 is 2.52 bits per heavy atom. The van der Waals surface area contributed by atoms with Crippen LogP contribution in [0.4, 0.5) is 0 Å². The molecule has 130 valence electrons. The van der Waals surface area contributed by atoms with Crippen molar-refractivity contribution in [1.29, 1.82) is 0 Å². The van der Waals surface area contributed by atoms with Crippen LogP contribution in [-0.2, 0) is 24.3 Å². The molecule has 2 aliphatic heterocycles. The second kappa shape index (κ2) is 7.63. The number of carbonyl (C=O) groups is 1. The minimum atomic E-state index is 0.00633. The number of benzene rings is 2. The van der Waals surface area contributed by atoms with Crippen molar-refractivity contribution in [3.8, 4) is 0 Å². The Morgan fingerprint density at radius 2 is 1.76 bits per heavy atom. The van der Waals surface area contributed by atoms with Gasteiger partial charge in [-0.3, -0.25) is 9.69 Å². The molecule has 0 aliphatic carbocycles. The van der Waals surface area contributed by atoms with Gasteiger partial charge in [0, 0.05) is 18.0 Å². The minimum absolute atomic E-state index is 0.00633. The zero-order valence-electron chi connectivity index (χ0n) is 14.4. The number of nitrogens with one attached hydrogen (secondary N) is 1. The van der Waals surface area contributed by atoms with Crippen LogP contribution < -0.4 is 5.32 Å². The number of thioether (sulfide) groups is 1. The molecule has 0 radical (unpaired) electrons. The molecule has 0 bridgehead atoms. The van der Waals surface area contributed by atoms with E-state index in [-0.39, 0.29) is 11.2 Å². The second-order valence-corrected chi connectivity index (χ2v) is 8.18. The highest BCUT2D eigenvalue weighted by Gasteiger charge is 2.27.